The van der Waals surface area contributed by atoms with Crippen molar-refractivity contribution in [1.82, 2.24) is 5.32 Å². The monoisotopic (exact) mass is 139 g/mol. The summed E-state index contributed by atoms with van der Waals surface area (Å²) in [6.07, 6.45) is 7.30. The van der Waals surface area contributed by atoms with Gasteiger partial charge in [-0.3, -0.25) is 0 Å². The fourth-order valence-electron chi connectivity index (χ4n) is 2.60. The van der Waals surface area contributed by atoms with Gasteiger partial charge >= 0.3 is 0 Å². The van der Waals surface area contributed by atoms with Crippen LogP contribution in [0.5, 0.6) is 0 Å². The molecule has 1 nitrogen and oxygen atoms in total. The Labute approximate surface area is 63.2 Å². The van der Waals surface area contributed by atoms with E-state index < -0.39 is 0 Å². The molecule has 0 radical (unpaired) electrons. The quantitative estimate of drug-likeness (QED) is 0.540. The van der Waals surface area contributed by atoms with Crippen molar-refractivity contribution >= 4 is 0 Å². The molecule has 0 unspecified atom stereocenters. The van der Waals surface area contributed by atoms with E-state index in [1.54, 1.807) is 0 Å². The molecule has 1 heterocycles. The van der Waals surface area contributed by atoms with Gasteiger partial charge in [-0.05, 0) is 32.1 Å². The Morgan fingerprint density at radius 3 is 2.80 bits per heavy atom. The standard InChI is InChI=1S/C9H17N/c1-7-6-8-4-2-3-5-9(8)10-7/h7-10H,2-6H2,1H3/t7-,8-,9-/m0/s1. The minimum atomic E-state index is 0.799. The molecule has 2 fully saturated rings. The average Bonchev–Trinajstić information content (AvgIpc) is 2.27. The first-order chi connectivity index (χ1) is 4.86. The highest BCUT2D eigenvalue weighted by molar-refractivity contribution is 4.90. The highest BCUT2D eigenvalue weighted by Gasteiger charge is 2.32. The lowest BCUT2D eigenvalue weighted by molar-refractivity contribution is 0.325. The molecule has 1 heteroatoms. The summed E-state index contributed by atoms with van der Waals surface area (Å²) >= 11 is 0. The normalized spacial score (nSPS) is 47.1. The van der Waals surface area contributed by atoms with Crippen LogP contribution in [0.1, 0.15) is 39.0 Å². The molecule has 10 heavy (non-hydrogen) atoms. The summed E-state index contributed by atoms with van der Waals surface area (Å²) in [5, 5.41) is 3.66. The molecule has 1 aliphatic carbocycles. The van der Waals surface area contributed by atoms with Crippen LogP contribution in [0.3, 0.4) is 0 Å². The molecule has 1 saturated carbocycles. The van der Waals surface area contributed by atoms with E-state index in [9.17, 15) is 0 Å². The number of hydrogen-bond acceptors (Lipinski definition) is 1. The summed E-state index contributed by atoms with van der Waals surface area (Å²) in [6.45, 7) is 2.32. The van der Waals surface area contributed by atoms with Crippen LogP contribution in [0, 0.1) is 5.92 Å². The Morgan fingerprint density at radius 2 is 2.00 bits per heavy atom. The van der Waals surface area contributed by atoms with Gasteiger partial charge in [0.05, 0.1) is 0 Å². The number of rotatable bonds is 0. The lowest BCUT2D eigenvalue weighted by atomic mass is 9.85. The highest BCUT2D eigenvalue weighted by atomic mass is 15.0. The van der Waals surface area contributed by atoms with Gasteiger partial charge in [0.25, 0.3) is 0 Å². The van der Waals surface area contributed by atoms with Gasteiger partial charge in [-0.2, -0.15) is 0 Å². The second-order valence-corrected chi connectivity index (χ2v) is 3.95. The van der Waals surface area contributed by atoms with Crippen molar-refractivity contribution in [3.63, 3.8) is 0 Å². The summed E-state index contributed by atoms with van der Waals surface area (Å²) in [7, 11) is 0. The molecule has 1 aliphatic heterocycles. The van der Waals surface area contributed by atoms with Gasteiger partial charge < -0.3 is 5.32 Å². The van der Waals surface area contributed by atoms with Crippen molar-refractivity contribution in [2.75, 3.05) is 0 Å². The fraction of sp³-hybridized carbons (Fsp3) is 1.00. The molecular weight excluding hydrogens is 122 g/mol. The molecule has 0 aromatic rings. The molecule has 2 rings (SSSR count). The Kier molecular flexibility index (Phi) is 1.69. The number of hydrogen-bond donors (Lipinski definition) is 1. The van der Waals surface area contributed by atoms with Crippen molar-refractivity contribution in [2.45, 2.75) is 51.1 Å². The lowest BCUT2D eigenvalue weighted by Gasteiger charge is -2.24. The van der Waals surface area contributed by atoms with Crippen LogP contribution >= 0.6 is 0 Å². The van der Waals surface area contributed by atoms with Crippen molar-refractivity contribution in [2.24, 2.45) is 5.92 Å². The molecule has 0 bridgehead atoms. The lowest BCUT2D eigenvalue weighted by Crippen LogP contribution is -2.31. The first-order valence-corrected chi connectivity index (χ1v) is 4.62. The molecule has 0 spiro atoms. The van der Waals surface area contributed by atoms with Gasteiger partial charge in [0.2, 0.25) is 0 Å². The minimum absolute atomic E-state index is 0.799. The zero-order valence-electron chi connectivity index (χ0n) is 6.77. The zero-order valence-corrected chi connectivity index (χ0v) is 6.77. The topological polar surface area (TPSA) is 12.0 Å². The first kappa shape index (κ1) is 6.66. The Balaban J connectivity index is 1.97. The Hall–Kier alpha value is -0.0400. The van der Waals surface area contributed by atoms with Gasteiger partial charge in [0.1, 0.15) is 0 Å². The van der Waals surface area contributed by atoms with Crippen LogP contribution in [-0.2, 0) is 0 Å². The maximum absolute atomic E-state index is 3.66. The van der Waals surface area contributed by atoms with Crippen molar-refractivity contribution in [1.29, 1.82) is 0 Å². The zero-order chi connectivity index (χ0) is 6.97. The SMILES string of the molecule is C[C@H]1C[C@@H]2CCCC[C@@H]2N1. The van der Waals surface area contributed by atoms with E-state index in [1.165, 1.54) is 32.1 Å². The third kappa shape index (κ3) is 1.07. The van der Waals surface area contributed by atoms with Crippen molar-refractivity contribution in [3.8, 4) is 0 Å². The Bertz CT molecular complexity index is 108. The molecule has 1 N–H and O–H groups in total. The maximum Gasteiger partial charge on any atom is 0.00983 e. The van der Waals surface area contributed by atoms with Crippen LogP contribution < -0.4 is 5.32 Å². The van der Waals surface area contributed by atoms with E-state index in [2.05, 4.69) is 12.2 Å². The number of fused-ring (bicyclic) bond motifs is 1. The van der Waals surface area contributed by atoms with E-state index in [1.807, 2.05) is 0 Å². The van der Waals surface area contributed by atoms with Gasteiger partial charge in [-0.25, -0.2) is 0 Å². The summed E-state index contributed by atoms with van der Waals surface area (Å²) in [4.78, 5) is 0. The summed E-state index contributed by atoms with van der Waals surface area (Å²) in [5.41, 5.74) is 0. The molecule has 3 atom stereocenters. The number of nitrogens with one attached hydrogen (secondary N) is 1. The van der Waals surface area contributed by atoms with E-state index >= 15 is 0 Å². The van der Waals surface area contributed by atoms with Crippen molar-refractivity contribution in [3.05, 3.63) is 0 Å². The first-order valence-electron chi connectivity index (χ1n) is 4.62. The fourth-order valence-corrected chi connectivity index (χ4v) is 2.60. The van der Waals surface area contributed by atoms with Crippen LogP contribution in [0.2, 0.25) is 0 Å². The van der Waals surface area contributed by atoms with Crippen LogP contribution in [0.25, 0.3) is 0 Å². The van der Waals surface area contributed by atoms with E-state index in [0.717, 1.165) is 18.0 Å². The Morgan fingerprint density at radius 1 is 1.20 bits per heavy atom. The van der Waals surface area contributed by atoms with E-state index in [0.29, 0.717) is 0 Å². The largest absolute Gasteiger partial charge is 0.311 e. The predicted octanol–water partition coefficient (Wildman–Crippen LogP) is 1.93. The summed E-state index contributed by atoms with van der Waals surface area (Å²) in [5.74, 6) is 1.03. The summed E-state index contributed by atoms with van der Waals surface area (Å²) < 4.78 is 0. The van der Waals surface area contributed by atoms with Gasteiger partial charge in [-0.1, -0.05) is 12.8 Å². The van der Waals surface area contributed by atoms with Crippen LogP contribution in [0.4, 0.5) is 0 Å². The minimum Gasteiger partial charge on any atom is -0.311 e. The predicted molar refractivity (Wildman–Crippen MR) is 43.0 cm³/mol. The molecule has 2 aliphatic rings. The highest BCUT2D eigenvalue weighted by Crippen LogP contribution is 2.32. The molecule has 0 aromatic heterocycles. The average molecular weight is 139 g/mol. The van der Waals surface area contributed by atoms with Crippen LogP contribution in [-0.4, -0.2) is 12.1 Å². The maximum atomic E-state index is 3.66. The van der Waals surface area contributed by atoms with Gasteiger partial charge in [0.15, 0.2) is 0 Å². The van der Waals surface area contributed by atoms with E-state index in [-0.39, 0.29) is 0 Å². The molecule has 58 valence electrons. The molecule has 0 aromatic carbocycles. The molecule has 1 saturated heterocycles. The third-order valence-electron chi connectivity index (χ3n) is 3.06. The molecular formula is C9H17N. The second-order valence-electron chi connectivity index (χ2n) is 3.95. The van der Waals surface area contributed by atoms with Gasteiger partial charge in [-0.15, -0.1) is 0 Å². The van der Waals surface area contributed by atoms with Gasteiger partial charge in [0, 0.05) is 12.1 Å². The summed E-state index contributed by atoms with van der Waals surface area (Å²) in [6, 6.07) is 1.69. The van der Waals surface area contributed by atoms with Crippen molar-refractivity contribution < 1.29 is 0 Å². The molecule has 0 amide bonds. The third-order valence-corrected chi connectivity index (χ3v) is 3.06. The second kappa shape index (κ2) is 2.54. The van der Waals surface area contributed by atoms with E-state index in [4.69, 9.17) is 0 Å². The smallest absolute Gasteiger partial charge is 0.00983 e. The van der Waals surface area contributed by atoms with Crippen LogP contribution in [0.15, 0.2) is 0 Å².